The van der Waals surface area contributed by atoms with Gasteiger partial charge in [-0.25, -0.2) is 13.4 Å². The Bertz CT molecular complexity index is 1630. The van der Waals surface area contributed by atoms with Crippen LogP contribution in [0.5, 0.6) is 0 Å². The molecule has 3 saturated heterocycles. The fraction of sp³-hybridized carbons (Fsp3) is 0.559. The Morgan fingerprint density at radius 2 is 1.91 bits per heavy atom. The average Bonchev–Trinajstić information content (AvgIpc) is 3.82. The summed E-state index contributed by atoms with van der Waals surface area (Å²) in [5.74, 6) is 0.260. The molecule has 3 fully saturated rings. The molecule has 0 aliphatic carbocycles. The van der Waals surface area contributed by atoms with E-state index in [1.807, 2.05) is 49.0 Å². The van der Waals surface area contributed by atoms with Gasteiger partial charge in [0.2, 0.25) is 21.9 Å². The van der Waals surface area contributed by atoms with Crippen molar-refractivity contribution in [3.05, 3.63) is 71.8 Å². The van der Waals surface area contributed by atoms with Gasteiger partial charge in [-0.3, -0.25) is 15.1 Å². The number of aromatic nitrogens is 3. The fourth-order valence-electron chi connectivity index (χ4n) is 7.09. The molecule has 47 heavy (non-hydrogen) atoms. The number of ether oxygens (including phenoxy) is 2. The normalized spacial score (nSPS) is 24.2. The summed E-state index contributed by atoms with van der Waals surface area (Å²) < 4.78 is 40.5. The van der Waals surface area contributed by atoms with Crippen molar-refractivity contribution in [2.24, 2.45) is 5.41 Å². The second kappa shape index (κ2) is 14.4. The SMILES string of the molecule is COC1CCN(S(=O)(=O)CCCN2CC(c3ccc(C)cn3)C(C)(C(=O)Nc3nccn3Cc3ccccc3N3CCOCC3)C2)C1. The summed E-state index contributed by atoms with van der Waals surface area (Å²) in [6.45, 7) is 10.2. The van der Waals surface area contributed by atoms with E-state index in [1.165, 1.54) is 0 Å². The van der Waals surface area contributed by atoms with Crippen molar-refractivity contribution in [1.82, 2.24) is 23.7 Å². The Hall–Kier alpha value is -3.36. The van der Waals surface area contributed by atoms with Gasteiger partial charge < -0.3 is 23.8 Å². The van der Waals surface area contributed by atoms with Gasteiger partial charge in [0.15, 0.2) is 0 Å². The van der Waals surface area contributed by atoms with Crippen LogP contribution >= 0.6 is 0 Å². The quantitative estimate of drug-likeness (QED) is 0.311. The minimum Gasteiger partial charge on any atom is -0.380 e. The molecule has 13 heteroatoms. The molecule has 1 amide bonds. The topological polar surface area (TPSA) is 122 Å². The van der Waals surface area contributed by atoms with Crippen LogP contribution in [0.25, 0.3) is 0 Å². The predicted octanol–water partition coefficient (Wildman–Crippen LogP) is 2.96. The van der Waals surface area contributed by atoms with Crippen LogP contribution in [0.2, 0.25) is 0 Å². The van der Waals surface area contributed by atoms with E-state index < -0.39 is 15.4 Å². The lowest BCUT2D eigenvalue weighted by molar-refractivity contribution is -0.125. The van der Waals surface area contributed by atoms with Crippen molar-refractivity contribution in [1.29, 1.82) is 0 Å². The van der Waals surface area contributed by atoms with E-state index in [1.54, 1.807) is 17.6 Å². The van der Waals surface area contributed by atoms with Gasteiger partial charge in [-0.2, -0.15) is 4.31 Å². The summed E-state index contributed by atoms with van der Waals surface area (Å²) in [4.78, 5) is 28.1. The number of likely N-dealkylation sites (tertiary alicyclic amines) is 1. The van der Waals surface area contributed by atoms with Gasteiger partial charge in [0.25, 0.3) is 0 Å². The number of methoxy groups -OCH3 is 1. The van der Waals surface area contributed by atoms with Crippen LogP contribution in [0.3, 0.4) is 0 Å². The van der Waals surface area contributed by atoms with Gasteiger partial charge in [0.05, 0.1) is 37.0 Å². The lowest BCUT2D eigenvalue weighted by atomic mass is 9.77. The number of benzene rings is 1. The van der Waals surface area contributed by atoms with Crippen LogP contribution < -0.4 is 10.2 Å². The molecule has 0 spiro atoms. The van der Waals surface area contributed by atoms with Gasteiger partial charge in [-0.05, 0) is 56.5 Å². The Labute approximate surface area is 278 Å². The molecule has 1 N–H and O–H groups in total. The monoisotopic (exact) mass is 665 g/mol. The van der Waals surface area contributed by atoms with E-state index in [-0.39, 0.29) is 23.7 Å². The third-order valence-corrected chi connectivity index (χ3v) is 11.8. The van der Waals surface area contributed by atoms with E-state index in [4.69, 9.17) is 14.5 Å². The predicted molar refractivity (Wildman–Crippen MR) is 181 cm³/mol. The summed E-state index contributed by atoms with van der Waals surface area (Å²) in [7, 11) is -1.75. The molecule has 3 aliphatic heterocycles. The van der Waals surface area contributed by atoms with Gasteiger partial charge in [-0.1, -0.05) is 24.3 Å². The molecule has 3 unspecified atom stereocenters. The van der Waals surface area contributed by atoms with E-state index in [2.05, 4.69) is 38.3 Å². The number of carbonyl (C=O) groups is 1. The highest BCUT2D eigenvalue weighted by Gasteiger charge is 2.50. The molecule has 0 bridgehead atoms. The molecule has 2 aromatic heterocycles. The van der Waals surface area contributed by atoms with Gasteiger partial charge >= 0.3 is 0 Å². The minimum absolute atomic E-state index is 0.0412. The number of hydrogen-bond donors (Lipinski definition) is 1. The number of carbonyl (C=O) groups excluding carboxylic acids is 1. The number of nitrogens with zero attached hydrogens (tertiary/aromatic N) is 6. The number of para-hydroxylation sites is 1. The molecule has 3 aromatic rings. The average molecular weight is 666 g/mol. The number of nitrogens with one attached hydrogen (secondary N) is 1. The summed E-state index contributed by atoms with van der Waals surface area (Å²) in [6.07, 6.45) is 6.61. The number of aryl methyl sites for hydroxylation is 1. The molecule has 3 aliphatic rings. The number of hydrogen-bond acceptors (Lipinski definition) is 9. The van der Waals surface area contributed by atoms with E-state index >= 15 is 0 Å². The summed E-state index contributed by atoms with van der Waals surface area (Å²) in [6, 6.07) is 12.4. The number of pyridine rings is 1. The Balaban J connectivity index is 1.16. The summed E-state index contributed by atoms with van der Waals surface area (Å²) in [5, 5.41) is 3.16. The molecular formula is C34H47N7O5S. The molecule has 12 nitrogen and oxygen atoms in total. The third-order valence-electron chi connectivity index (χ3n) is 9.91. The molecule has 254 valence electrons. The summed E-state index contributed by atoms with van der Waals surface area (Å²) in [5.41, 5.74) is 3.40. The van der Waals surface area contributed by atoms with E-state index in [9.17, 15) is 13.2 Å². The van der Waals surface area contributed by atoms with Crippen LogP contribution in [-0.4, -0.2) is 116 Å². The lowest BCUT2D eigenvalue weighted by Gasteiger charge is -2.31. The molecular weight excluding hydrogens is 618 g/mol. The largest absolute Gasteiger partial charge is 0.380 e. The number of imidazole rings is 1. The third kappa shape index (κ3) is 7.54. The Morgan fingerprint density at radius 1 is 1.11 bits per heavy atom. The molecule has 0 saturated carbocycles. The highest BCUT2D eigenvalue weighted by molar-refractivity contribution is 7.89. The Kier molecular flexibility index (Phi) is 10.3. The molecule has 6 rings (SSSR count). The Morgan fingerprint density at radius 3 is 2.66 bits per heavy atom. The first-order valence-electron chi connectivity index (χ1n) is 16.5. The van der Waals surface area contributed by atoms with Crippen molar-refractivity contribution >= 4 is 27.6 Å². The van der Waals surface area contributed by atoms with E-state index in [0.29, 0.717) is 64.9 Å². The highest BCUT2D eigenvalue weighted by atomic mass is 32.2. The van der Waals surface area contributed by atoms with Crippen LogP contribution in [0, 0.1) is 12.3 Å². The van der Waals surface area contributed by atoms with Crippen molar-refractivity contribution in [3.63, 3.8) is 0 Å². The first-order chi connectivity index (χ1) is 22.7. The van der Waals surface area contributed by atoms with Crippen molar-refractivity contribution < 1.29 is 22.7 Å². The lowest BCUT2D eigenvalue weighted by Crippen LogP contribution is -2.40. The molecule has 3 atom stereocenters. The number of rotatable bonds is 12. The zero-order valence-corrected chi connectivity index (χ0v) is 28.5. The van der Waals surface area contributed by atoms with Crippen LogP contribution in [0.15, 0.2) is 55.0 Å². The van der Waals surface area contributed by atoms with Crippen molar-refractivity contribution in [2.75, 3.05) is 82.1 Å². The van der Waals surface area contributed by atoms with Crippen molar-refractivity contribution in [3.8, 4) is 0 Å². The van der Waals surface area contributed by atoms with E-state index in [0.717, 1.165) is 42.0 Å². The van der Waals surface area contributed by atoms with Gasteiger partial charge in [0.1, 0.15) is 0 Å². The van der Waals surface area contributed by atoms with Crippen molar-refractivity contribution in [2.45, 2.75) is 45.3 Å². The second-order valence-corrected chi connectivity index (χ2v) is 15.3. The van der Waals surface area contributed by atoms with Crippen LogP contribution in [-0.2, 0) is 30.8 Å². The zero-order chi connectivity index (χ0) is 33.0. The zero-order valence-electron chi connectivity index (χ0n) is 27.7. The first kappa shape index (κ1) is 33.5. The highest BCUT2D eigenvalue weighted by Crippen LogP contribution is 2.43. The number of anilines is 2. The fourth-order valence-corrected chi connectivity index (χ4v) is 8.62. The minimum atomic E-state index is -3.37. The molecule has 0 radical (unpaired) electrons. The molecule has 5 heterocycles. The van der Waals surface area contributed by atoms with Gasteiger partial charge in [0, 0.05) is 82.3 Å². The maximum atomic E-state index is 14.3. The van der Waals surface area contributed by atoms with Gasteiger partial charge in [-0.15, -0.1) is 0 Å². The second-order valence-electron chi connectivity index (χ2n) is 13.2. The van der Waals surface area contributed by atoms with Crippen LogP contribution in [0.1, 0.15) is 42.5 Å². The number of morpholine rings is 1. The molecule has 1 aromatic carbocycles. The maximum absolute atomic E-state index is 14.3. The first-order valence-corrected chi connectivity index (χ1v) is 18.2. The number of amides is 1. The summed E-state index contributed by atoms with van der Waals surface area (Å²) >= 11 is 0. The van der Waals surface area contributed by atoms with Crippen LogP contribution in [0.4, 0.5) is 11.6 Å². The smallest absolute Gasteiger partial charge is 0.234 e. The number of sulfonamides is 1. The standard InChI is InChI=1S/C34H47N7O5S/c1-26-9-10-30(36-21-26)29-24-38(13-6-20-47(43,44)41-14-11-28(23-41)45-3)25-34(29,2)32(42)37-33-35-12-15-40(33)22-27-7-4-5-8-31(27)39-16-18-46-19-17-39/h4-5,7-10,12,15,21,28-29H,6,11,13-14,16-20,22-25H2,1-3H3,(H,35,37,42). The maximum Gasteiger partial charge on any atom is 0.234 e.